The van der Waals surface area contributed by atoms with Gasteiger partial charge in [0, 0.05) is 43.0 Å². The van der Waals surface area contributed by atoms with Crippen molar-refractivity contribution in [2.45, 2.75) is 6.42 Å². The van der Waals surface area contributed by atoms with Gasteiger partial charge in [-0.2, -0.15) is 0 Å². The van der Waals surface area contributed by atoms with Crippen molar-refractivity contribution in [3.63, 3.8) is 0 Å². The van der Waals surface area contributed by atoms with Gasteiger partial charge in [-0.25, -0.2) is 8.42 Å². The van der Waals surface area contributed by atoms with Crippen molar-refractivity contribution in [2.75, 3.05) is 37.2 Å². The highest BCUT2D eigenvalue weighted by molar-refractivity contribution is 7.92. The molecule has 2 aromatic carbocycles. The van der Waals surface area contributed by atoms with Crippen molar-refractivity contribution in [3.8, 4) is 17.2 Å². The smallest absolute Gasteiger partial charge is 0.254 e. The highest BCUT2D eigenvalue weighted by Crippen LogP contribution is 2.35. The monoisotopic (exact) mass is 449 g/mol. The summed E-state index contributed by atoms with van der Waals surface area (Å²) in [7, 11) is -3.41. The van der Waals surface area contributed by atoms with Crippen LogP contribution in [0.5, 0.6) is 17.2 Å². The molecule has 0 spiro atoms. The van der Waals surface area contributed by atoms with Gasteiger partial charge in [-0.15, -0.1) is 0 Å². The first kappa shape index (κ1) is 22.2. The summed E-state index contributed by atoms with van der Waals surface area (Å²) in [6.07, 6.45) is 1.57. The van der Waals surface area contributed by atoms with E-state index in [0.717, 1.165) is 18.4 Å². The summed E-state index contributed by atoms with van der Waals surface area (Å²) < 4.78 is 24.9. The lowest BCUT2D eigenvalue weighted by Crippen LogP contribution is -2.37. The van der Waals surface area contributed by atoms with Gasteiger partial charge in [0.15, 0.2) is 17.2 Å². The second kappa shape index (κ2) is 8.72. The normalized spacial score (nSPS) is 14.7. The van der Waals surface area contributed by atoms with Gasteiger partial charge >= 0.3 is 0 Å². The molecule has 1 aliphatic rings. The lowest BCUT2D eigenvalue weighted by Gasteiger charge is -2.22. The fourth-order valence-corrected chi connectivity index (χ4v) is 3.88. The van der Waals surface area contributed by atoms with E-state index < -0.39 is 33.2 Å². The average Bonchev–Trinajstić information content (AvgIpc) is 2.96. The summed E-state index contributed by atoms with van der Waals surface area (Å²) in [6, 6.07) is 8.24. The summed E-state index contributed by atoms with van der Waals surface area (Å²) in [6.45, 7) is 1.34. The molecular formula is C20H23N3O7S. The van der Waals surface area contributed by atoms with E-state index >= 15 is 0 Å². The molecule has 2 aromatic rings. The molecule has 1 aliphatic heterocycles. The number of aromatic hydroxyl groups is 3. The molecule has 0 bridgehead atoms. The lowest BCUT2D eigenvalue weighted by molar-refractivity contribution is 0.0718. The number of sulfonamides is 1. The van der Waals surface area contributed by atoms with Gasteiger partial charge in [0.25, 0.3) is 11.8 Å². The van der Waals surface area contributed by atoms with Crippen LogP contribution in [-0.4, -0.2) is 77.8 Å². The van der Waals surface area contributed by atoms with Crippen LogP contribution in [0.4, 0.5) is 5.69 Å². The number of carbonyl (C=O) groups excluding carboxylic acids is 2. The summed E-state index contributed by atoms with van der Waals surface area (Å²) in [5, 5.41) is 28.7. The molecule has 31 heavy (non-hydrogen) atoms. The molecule has 0 atom stereocenters. The molecule has 0 unspecified atom stereocenters. The minimum atomic E-state index is -3.41. The highest BCUT2D eigenvalue weighted by atomic mass is 32.2. The maximum atomic E-state index is 12.8. The van der Waals surface area contributed by atoms with E-state index in [2.05, 4.69) is 4.72 Å². The first-order chi connectivity index (χ1) is 14.5. The number of phenolic OH excluding ortho intramolecular Hbond substituents is 3. The van der Waals surface area contributed by atoms with Gasteiger partial charge < -0.3 is 25.1 Å². The molecule has 11 heteroatoms. The zero-order valence-electron chi connectivity index (χ0n) is 16.8. The van der Waals surface area contributed by atoms with Gasteiger partial charge in [0.2, 0.25) is 10.0 Å². The Morgan fingerprint density at radius 3 is 1.81 bits per heavy atom. The third-order valence-corrected chi connectivity index (χ3v) is 5.43. The largest absolute Gasteiger partial charge is 0.504 e. The predicted molar refractivity (Wildman–Crippen MR) is 113 cm³/mol. The van der Waals surface area contributed by atoms with Crippen LogP contribution in [0.15, 0.2) is 36.4 Å². The zero-order chi connectivity index (χ0) is 22.8. The topological polar surface area (TPSA) is 147 Å². The van der Waals surface area contributed by atoms with E-state index in [1.165, 1.54) is 29.2 Å². The van der Waals surface area contributed by atoms with Gasteiger partial charge in [-0.1, -0.05) is 0 Å². The number of amides is 2. The van der Waals surface area contributed by atoms with E-state index in [1.807, 2.05) is 0 Å². The van der Waals surface area contributed by atoms with Crippen LogP contribution in [0.3, 0.4) is 0 Å². The molecule has 0 saturated carbocycles. The highest BCUT2D eigenvalue weighted by Gasteiger charge is 2.25. The Morgan fingerprint density at radius 1 is 0.839 bits per heavy atom. The Balaban J connectivity index is 1.67. The molecule has 10 nitrogen and oxygen atoms in total. The molecule has 4 N–H and O–H groups in total. The Hall–Kier alpha value is -3.47. The minimum Gasteiger partial charge on any atom is -0.504 e. The Bertz CT molecular complexity index is 1080. The molecule has 2 amide bonds. The number of hydrogen-bond acceptors (Lipinski definition) is 7. The van der Waals surface area contributed by atoms with Crippen LogP contribution in [0, 0.1) is 0 Å². The Kier molecular flexibility index (Phi) is 6.25. The quantitative estimate of drug-likeness (QED) is 0.512. The van der Waals surface area contributed by atoms with Crippen LogP contribution < -0.4 is 4.72 Å². The summed E-state index contributed by atoms with van der Waals surface area (Å²) in [5.74, 6) is -2.55. The maximum absolute atomic E-state index is 12.8. The van der Waals surface area contributed by atoms with E-state index in [1.54, 1.807) is 4.90 Å². The number of rotatable bonds is 4. The van der Waals surface area contributed by atoms with Gasteiger partial charge in [0.05, 0.1) is 6.26 Å². The van der Waals surface area contributed by atoms with E-state index in [4.69, 9.17) is 0 Å². The molecule has 1 fully saturated rings. The second-order valence-electron chi connectivity index (χ2n) is 7.25. The SMILES string of the molecule is CS(=O)(=O)Nc1ccc(C(=O)N2CCCN(C(=O)c3cc(O)c(O)c(O)c3)CC2)cc1. The third kappa shape index (κ3) is 5.37. The van der Waals surface area contributed by atoms with E-state index in [0.29, 0.717) is 30.8 Å². The predicted octanol–water partition coefficient (Wildman–Crippen LogP) is 1.16. The number of benzene rings is 2. The standard InChI is InChI=1S/C20H23N3O7S/c1-31(29,30)21-15-5-3-13(4-6-15)19(27)22-7-2-8-23(10-9-22)20(28)14-11-16(24)18(26)17(25)12-14/h3-6,11-12,21,24-26H,2,7-10H2,1H3. The van der Waals surface area contributed by atoms with Crippen molar-refractivity contribution in [1.29, 1.82) is 0 Å². The number of anilines is 1. The van der Waals surface area contributed by atoms with Gasteiger partial charge in [-0.3, -0.25) is 14.3 Å². The molecule has 0 radical (unpaired) electrons. The molecule has 1 heterocycles. The van der Waals surface area contributed by atoms with Crippen LogP contribution in [0.25, 0.3) is 0 Å². The van der Waals surface area contributed by atoms with Crippen molar-refractivity contribution >= 4 is 27.5 Å². The fourth-order valence-electron chi connectivity index (χ4n) is 3.31. The molecule has 3 rings (SSSR count). The van der Waals surface area contributed by atoms with Crippen molar-refractivity contribution in [1.82, 2.24) is 9.80 Å². The summed E-state index contributed by atoms with van der Waals surface area (Å²) in [4.78, 5) is 28.7. The average molecular weight is 449 g/mol. The number of hydrogen-bond donors (Lipinski definition) is 4. The molecular weight excluding hydrogens is 426 g/mol. The van der Waals surface area contributed by atoms with Crippen molar-refractivity contribution < 1.29 is 33.3 Å². The fraction of sp³-hybridized carbons (Fsp3) is 0.300. The zero-order valence-corrected chi connectivity index (χ0v) is 17.6. The minimum absolute atomic E-state index is 0.0292. The Morgan fingerprint density at radius 2 is 1.32 bits per heavy atom. The van der Waals surface area contributed by atoms with Crippen LogP contribution in [0.1, 0.15) is 27.1 Å². The summed E-state index contributed by atoms with van der Waals surface area (Å²) >= 11 is 0. The van der Waals surface area contributed by atoms with Crippen molar-refractivity contribution in [3.05, 3.63) is 47.5 Å². The summed E-state index contributed by atoms with van der Waals surface area (Å²) in [5.41, 5.74) is 0.779. The van der Waals surface area contributed by atoms with Crippen LogP contribution in [0.2, 0.25) is 0 Å². The molecule has 0 aromatic heterocycles. The first-order valence-corrected chi connectivity index (χ1v) is 11.4. The number of phenols is 3. The molecule has 1 saturated heterocycles. The molecule has 166 valence electrons. The van der Waals surface area contributed by atoms with Gasteiger partial charge in [0.1, 0.15) is 0 Å². The first-order valence-electron chi connectivity index (χ1n) is 9.46. The van der Waals surface area contributed by atoms with Crippen LogP contribution >= 0.6 is 0 Å². The number of nitrogens with one attached hydrogen (secondary N) is 1. The number of carbonyl (C=O) groups is 2. The van der Waals surface area contributed by atoms with E-state index in [9.17, 15) is 33.3 Å². The third-order valence-electron chi connectivity index (χ3n) is 4.82. The molecule has 0 aliphatic carbocycles. The van der Waals surface area contributed by atoms with Crippen LogP contribution in [-0.2, 0) is 10.0 Å². The Labute approximate surface area is 179 Å². The number of nitrogens with zero attached hydrogens (tertiary/aromatic N) is 2. The van der Waals surface area contributed by atoms with Gasteiger partial charge in [-0.05, 0) is 42.8 Å². The second-order valence-corrected chi connectivity index (χ2v) is 9.00. The van der Waals surface area contributed by atoms with E-state index in [-0.39, 0.29) is 24.6 Å². The maximum Gasteiger partial charge on any atom is 0.254 e. The lowest BCUT2D eigenvalue weighted by atomic mass is 10.1. The van der Waals surface area contributed by atoms with Crippen molar-refractivity contribution in [2.24, 2.45) is 0 Å².